The number of hydrogen-bond donors (Lipinski definition) is 1. The van der Waals surface area contributed by atoms with Gasteiger partial charge >= 0.3 is 0 Å². The van der Waals surface area contributed by atoms with E-state index in [9.17, 15) is 4.79 Å². The van der Waals surface area contributed by atoms with Crippen molar-refractivity contribution >= 4 is 5.91 Å². The molecule has 0 radical (unpaired) electrons. The van der Waals surface area contributed by atoms with Crippen LogP contribution in [0.5, 0.6) is 0 Å². The van der Waals surface area contributed by atoms with Gasteiger partial charge in [-0.3, -0.25) is 4.79 Å². The number of benzene rings is 1. The third kappa shape index (κ3) is 3.04. The van der Waals surface area contributed by atoms with Crippen LogP contribution in [0.15, 0.2) is 28.8 Å². The topological polar surface area (TPSA) is 68.0 Å². The van der Waals surface area contributed by atoms with Gasteiger partial charge in [0.2, 0.25) is 17.6 Å². The maximum absolute atomic E-state index is 11.7. The molecule has 5 nitrogen and oxygen atoms in total. The molecule has 1 aromatic heterocycles. The number of rotatable bonds is 4. The summed E-state index contributed by atoms with van der Waals surface area (Å²) in [7, 11) is 0. The second-order valence-electron chi connectivity index (χ2n) is 5.16. The largest absolute Gasteiger partial charge is 0.344 e. The van der Waals surface area contributed by atoms with Crippen LogP contribution in [0, 0.1) is 12.8 Å². The minimum atomic E-state index is -0.296. The summed E-state index contributed by atoms with van der Waals surface area (Å²) in [5.74, 6) is 0.852. The average Bonchev–Trinajstić information content (AvgIpc) is 2.88. The average molecular weight is 273 g/mol. The maximum atomic E-state index is 11.7. The van der Waals surface area contributed by atoms with Gasteiger partial charge in [-0.25, -0.2) is 0 Å². The molecule has 1 atom stereocenters. The maximum Gasteiger partial charge on any atom is 0.249 e. The number of aryl methyl sites for hydroxylation is 1. The van der Waals surface area contributed by atoms with E-state index < -0.39 is 0 Å². The first-order valence-electron chi connectivity index (χ1n) is 6.69. The van der Waals surface area contributed by atoms with Crippen molar-refractivity contribution in [3.8, 4) is 11.4 Å². The first-order chi connectivity index (χ1) is 9.49. The van der Waals surface area contributed by atoms with Gasteiger partial charge in [0.05, 0.1) is 0 Å². The second kappa shape index (κ2) is 5.86. The summed E-state index contributed by atoms with van der Waals surface area (Å²) >= 11 is 0. The molecule has 0 aliphatic heterocycles. The van der Waals surface area contributed by atoms with Gasteiger partial charge in [0.15, 0.2) is 0 Å². The number of carbonyl (C=O) groups is 1. The van der Waals surface area contributed by atoms with E-state index >= 15 is 0 Å². The summed E-state index contributed by atoms with van der Waals surface area (Å²) in [6, 6.07) is 7.54. The molecule has 1 aromatic carbocycles. The van der Waals surface area contributed by atoms with Crippen molar-refractivity contribution in [2.75, 3.05) is 0 Å². The van der Waals surface area contributed by atoms with Crippen molar-refractivity contribution in [2.24, 2.45) is 5.92 Å². The van der Waals surface area contributed by atoms with Gasteiger partial charge in [-0.2, -0.15) is 4.98 Å². The zero-order valence-electron chi connectivity index (χ0n) is 12.2. The molecule has 0 aliphatic rings. The van der Waals surface area contributed by atoms with E-state index in [1.807, 2.05) is 52.0 Å². The molecule has 1 N–H and O–H groups in total. The fourth-order valence-electron chi connectivity index (χ4n) is 1.79. The fraction of sp³-hybridized carbons (Fsp3) is 0.400. The number of aromatic nitrogens is 2. The van der Waals surface area contributed by atoms with E-state index in [1.165, 1.54) is 0 Å². The molecular weight excluding hydrogens is 254 g/mol. The first kappa shape index (κ1) is 14.2. The Morgan fingerprint density at radius 1 is 1.25 bits per heavy atom. The fourth-order valence-corrected chi connectivity index (χ4v) is 1.79. The molecule has 5 heteroatoms. The normalized spacial score (nSPS) is 12.4. The van der Waals surface area contributed by atoms with E-state index in [0.717, 1.165) is 11.1 Å². The highest BCUT2D eigenvalue weighted by atomic mass is 16.5. The van der Waals surface area contributed by atoms with Crippen LogP contribution in [-0.2, 0) is 4.79 Å². The van der Waals surface area contributed by atoms with E-state index in [1.54, 1.807) is 0 Å². The Kier molecular flexibility index (Phi) is 4.17. The van der Waals surface area contributed by atoms with Crippen LogP contribution in [0.25, 0.3) is 11.4 Å². The van der Waals surface area contributed by atoms with E-state index in [4.69, 9.17) is 4.52 Å². The molecule has 0 spiro atoms. The summed E-state index contributed by atoms with van der Waals surface area (Å²) in [4.78, 5) is 16.0. The van der Waals surface area contributed by atoms with Crippen LogP contribution in [0.4, 0.5) is 0 Å². The van der Waals surface area contributed by atoms with Gasteiger partial charge in [-0.1, -0.05) is 43.3 Å². The minimum absolute atomic E-state index is 0.0341. The smallest absolute Gasteiger partial charge is 0.249 e. The van der Waals surface area contributed by atoms with Gasteiger partial charge < -0.3 is 9.84 Å². The molecule has 0 bridgehead atoms. The second-order valence-corrected chi connectivity index (χ2v) is 5.16. The SMILES string of the molecule is Cc1ccccc1-c1noc(C(C)NC(=O)C(C)C)n1. The lowest BCUT2D eigenvalue weighted by Crippen LogP contribution is -2.30. The van der Waals surface area contributed by atoms with E-state index in [2.05, 4.69) is 15.5 Å². The predicted molar refractivity (Wildman–Crippen MR) is 75.9 cm³/mol. The standard InChI is InChI=1S/C15H19N3O2/c1-9(2)14(19)16-11(4)15-17-13(18-20-15)12-8-6-5-7-10(12)3/h5-9,11H,1-4H3,(H,16,19). The highest BCUT2D eigenvalue weighted by Gasteiger charge is 2.19. The predicted octanol–water partition coefficient (Wildman–Crippen LogP) is 2.88. The van der Waals surface area contributed by atoms with E-state index in [0.29, 0.717) is 11.7 Å². The Balaban J connectivity index is 2.17. The lowest BCUT2D eigenvalue weighted by Gasteiger charge is -2.11. The quantitative estimate of drug-likeness (QED) is 0.930. The lowest BCUT2D eigenvalue weighted by molar-refractivity contribution is -0.124. The Hall–Kier alpha value is -2.17. The summed E-state index contributed by atoms with van der Waals surface area (Å²) < 4.78 is 5.24. The molecule has 0 saturated heterocycles. The lowest BCUT2D eigenvalue weighted by atomic mass is 10.1. The summed E-state index contributed by atoms with van der Waals surface area (Å²) in [6.07, 6.45) is 0. The van der Waals surface area contributed by atoms with Crippen LogP contribution in [0.1, 0.15) is 38.3 Å². The summed E-state index contributed by atoms with van der Waals surface area (Å²) in [6.45, 7) is 7.51. The first-order valence-corrected chi connectivity index (χ1v) is 6.69. The number of amides is 1. The molecule has 20 heavy (non-hydrogen) atoms. The molecule has 1 unspecified atom stereocenters. The third-order valence-electron chi connectivity index (χ3n) is 3.08. The van der Waals surface area contributed by atoms with Gasteiger partial charge in [0.1, 0.15) is 6.04 Å². The molecular formula is C15H19N3O2. The highest BCUT2D eigenvalue weighted by Crippen LogP contribution is 2.21. The van der Waals surface area contributed by atoms with Crippen LogP contribution >= 0.6 is 0 Å². The Morgan fingerprint density at radius 2 is 1.95 bits per heavy atom. The summed E-state index contributed by atoms with van der Waals surface area (Å²) in [5.41, 5.74) is 2.02. The zero-order chi connectivity index (χ0) is 14.7. The van der Waals surface area contributed by atoms with E-state index in [-0.39, 0.29) is 17.9 Å². The van der Waals surface area contributed by atoms with Crippen LogP contribution in [0.3, 0.4) is 0 Å². The minimum Gasteiger partial charge on any atom is -0.344 e. The zero-order valence-corrected chi connectivity index (χ0v) is 12.2. The molecule has 1 amide bonds. The van der Waals surface area contributed by atoms with Crippen molar-refractivity contribution < 1.29 is 9.32 Å². The van der Waals surface area contributed by atoms with Gasteiger partial charge in [0, 0.05) is 11.5 Å². The Bertz CT molecular complexity index is 605. The van der Waals surface area contributed by atoms with Gasteiger partial charge in [0.25, 0.3) is 0 Å². The van der Waals surface area contributed by atoms with Crippen molar-refractivity contribution in [1.82, 2.24) is 15.5 Å². The van der Waals surface area contributed by atoms with Crippen molar-refractivity contribution in [1.29, 1.82) is 0 Å². The van der Waals surface area contributed by atoms with Crippen molar-refractivity contribution in [3.63, 3.8) is 0 Å². The molecule has 106 valence electrons. The van der Waals surface area contributed by atoms with Crippen LogP contribution in [-0.4, -0.2) is 16.0 Å². The number of carbonyl (C=O) groups excluding carboxylic acids is 1. The molecule has 0 fully saturated rings. The third-order valence-corrected chi connectivity index (χ3v) is 3.08. The van der Waals surface area contributed by atoms with Gasteiger partial charge in [-0.05, 0) is 19.4 Å². The van der Waals surface area contributed by atoms with Crippen LogP contribution < -0.4 is 5.32 Å². The van der Waals surface area contributed by atoms with Crippen molar-refractivity contribution in [2.45, 2.75) is 33.7 Å². The number of nitrogens with zero attached hydrogens (tertiary/aromatic N) is 2. The Morgan fingerprint density at radius 3 is 2.60 bits per heavy atom. The van der Waals surface area contributed by atoms with Crippen LogP contribution in [0.2, 0.25) is 0 Å². The van der Waals surface area contributed by atoms with Gasteiger partial charge in [-0.15, -0.1) is 0 Å². The monoisotopic (exact) mass is 273 g/mol. The number of nitrogens with one attached hydrogen (secondary N) is 1. The number of hydrogen-bond acceptors (Lipinski definition) is 4. The molecule has 1 heterocycles. The summed E-state index contributed by atoms with van der Waals surface area (Å²) in [5, 5.41) is 6.82. The van der Waals surface area contributed by atoms with Crippen molar-refractivity contribution in [3.05, 3.63) is 35.7 Å². The molecule has 0 aliphatic carbocycles. The molecule has 0 saturated carbocycles. The highest BCUT2D eigenvalue weighted by molar-refractivity contribution is 5.78. The molecule has 2 rings (SSSR count). The Labute approximate surface area is 118 Å². The molecule has 2 aromatic rings.